The van der Waals surface area contributed by atoms with Crippen LogP contribution in [0.5, 0.6) is 0 Å². The Hall–Kier alpha value is -0.710. The third kappa shape index (κ3) is 3.90. The summed E-state index contributed by atoms with van der Waals surface area (Å²) in [5.41, 5.74) is 6.12. The molecule has 0 bridgehead atoms. The fourth-order valence-electron chi connectivity index (χ4n) is 1.05. The van der Waals surface area contributed by atoms with Crippen molar-refractivity contribution in [2.45, 2.75) is 25.9 Å². The molecule has 0 unspecified atom stereocenters. The Morgan fingerprint density at radius 3 is 2.50 bits per heavy atom. The number of hydrogen-bond acceptors (Lipinski definition) is 4. The molecule has 0 aliphatic heterocycles. The summed E-state index contributed by atoms with van der Waals surface area (Å²) in [6.45, 7) is -0.125. The highest BCUT2D eigenvalue weighted by molar-refractivity contribution is 14.1. The fourth-order valence-corrected chi connectivity index (χ4v) is 1.29. The summed E-state index contributed by atoms with van der Waals surface area (Å²) in [4.78, 5) is 7.74. The number of nitrogens with two attached hydrogens (primary N) is 1. The zero-order valence-corrected chi connectivity index (χ0v) is 11.4. The molecule has 1 rings (SSSR count). The van der Waals surface area contributed by atoms with Crippen LogP contribution in [-0.4, -0.2) is 28.9 Å². The summed E-state index contributed by atoms with van der Waals surface area (Å²) in [7, 11) is 0. The van der Waals surface area contributed by atoms with Crippen LogP contribution in [0.2, 0.25) is 0 Å². The van der Waals surface area contributed by atoms with Gasteiger partial charge >= 0.3 is 12.3 Å². The molecule has 0 aliphatic rings. The zero-order valence-electron chi connectivity index (χ0n) is 9.26. The molecule has 4 nitrogen and oxygen atoms in total. The van der Waals surface area contributed by atoms with E-state index in [0.717, 1.165) is 0 Å². The van der Waals surface area contributed by atoms with Crippen LogP contribution in [0.3, 0.4) is 0 Å². The second kappa shape index (κ2) is 5.95. The van der Waals surface area contributed by atoms with Gasteiger partial charge in [-0.1, -0.05) is 0 Å². The van der Waals surface area contributed by atoms with Crippen molar-refractivity contribution in [3.05, 3.63) is 15.1 Å². The van der Waals surface area contributed by atoms with E-state index in [4.69, 9.17) is 5.73 Å². The highest BCUT2D eigenvalue weighted by atomic mass is 127. The van der Waals surface area contributed by atoms with E-state index in [1.165, 1.54) is 0 Å². The monoisotopic (exact) mass is 379 g/mol. The Bertz CT molecular complexity index is 407. The van der Waals surface area contributed by atoms with Gasteiger partial charge in [-0.2, -0.15) is 8.78 Å². The first-order chi connectivity index (χ1) is 8.24. The van der Waals surface area contributed by atoms with E-state index in [9.17, 15) is 17.6 Å². The molecule has 2 N–H and O–H groups in total. The van der Waals surface area contributed by atoms with E-state index >= 15 is 0 Å². The maximum absolute atomic E-state index is 12.5. The van der Waals surface area contributed by atoms with Crippen LogP contribution < -0.4 is 5.73 Å². The maximum atomic E-state index is 12.5. The van der Waals surface area contributed by atoms with E-state index in [2.05, 4.69) is 14.7 Å². The number of rotatable bonds is 5. The first-order valence-electron chi connectivity index (χ1n) is 4.76. The summed E-state index contributed by atoms with van der Waals surface area (Å²) in [5.74, 6) is -3.90. The van der Waals surface area contributed by atoms with Gasteiger partial charge in [-0.3, -0.25) is 0 Å². The van der Waals surface area contributed by atoms with Crippen LogP contribution in [-0.2, 0) is 11.3 Å². The van der Waals surface area contributed by atoms with Crippen molar-refractivity contribution < 1.29 is 22.3 Å². The summed E-state index contributed by atoms with van der Waals surface area (Å²) in [6.07, 6.45) is -3.76. The first-order valence-corrected chi connectivity index (χ1v) is 5.84. The topological polar surface area (TPSA) is 61.0 Å². The molecule has 0 atom stereocenters. The Kier molecular flexibility index (Phi) is 5.08. The summed E-state index contributed by atoms with van der Waals surface area (Å²) < 4.78 is 53.9. The van der Waals surface area contributed by atoms with Gasteiger partial charge in [0.15, 0.2) is 5.82 Å². The molecule has 1 aromatic heterocycles. The number of hydrogen-bond donors (Lipinski definition) is 1. The fraction of sp³-hybridized carbons (Fsp3) is 0.556. The molecule has 18 heavy (non-hydrogen) atoms. The predicted octanol–water partition coefficient (Wildman–Crippen LogP) is 2.39. The molecule has 0 spiro atoms. The van der Waals surface area contributed by atoms with Gasteiger partial charge in [0.25, 0.3) is 0 Å². The molecular formula is C9H10F4IN3O. The summed E-state index contributed by atoms with van der Waals surface area (Å²) >= 11 is 1.93. The van der Waals surface area contributed by atoms with Crippen LogP contribution in [0.4, 0.5) is 23.4 Å². The molecule has 0 fully saturated rings. The van der Waals surface area contributed by atoms with Crippen molar-refractivity contribution in [2.75, 3.05) is 12.3 Å². The molecule has 1 heterocycles. The van der Waals surface area contributed by atoms with Crippen molar-refractivity contribution in [3.63, 3.8) is 0 Å². The third-order valence-electron chi connectivity index (χ3n) is 1.93. The van der Waals surface area contributed by atoms with E-state index in [1.54, 1.807) is 6.92 Å². The highest BCUT2D eigenvalue weighted by Gasteiger charge is 2.41. The molecule has 1 aromatic rings. The molecule has 0 radical (unpaired) electrons. The van der Waals surface area contributed by atoms with Gasteiger partial charge in [0, 0.05) is 0 Å². The number of anilines is 1. The van der Waals surface area contributed by atoms with Crippen LogP contribution in [0.25, 0.3) is 0 Å². The number of ether oxygens (including phenoxy) is 1. The molecular weight excluding hydrogens is 369 g/mol. The van der Waals surface area contributed by atoms with Gasteiger partial charge in [-0.25, -0.2) is 18.7 Å². The molecule has 0 saturated carbocycles. The molecule has 0 amide bonds. The van der Waals surface area contributed by atoms with E-state index in [0.29, 0.717) is 9.26 Å². The minimum atomic E-state index is -4.18. The maximum Gasteiger partial charge on any atom is 0.330 e. The summed E-state index contributed by atoms with van der Waals surface area (Å²) in [6, 6.07) is 0. The minimum absolute atomic E-state index is 0.0792. The lowest BCUT2D eigenvalue weighted by Crippen LogP contribution is -2.32. The molecule has 0 aromatic carbocycles. The van der Waals surface area contributed by atoms with Crippen molar-refractivity contribution in [1.82, 2.24) is 9.97 Å². The number of alkyl halides is 4. The van der Waals surface area contributed by atoms with Gasteiger partial charge in [0.2, 0.25) is 0 Å². The number of nitrogen functional groups attached to an aromatic ring is 1. The molecule has 0 saturated heterocycles. The number of halogens is 5. The predicted molar refractivity (Wildman–Crippen MR) is 64.5 cm³/mol. The van der Waals surface area contributed by atoms with Gasteiger partial charge in [0.05, 0.1) is 9.26 Å². The van der Waals surface area contributed by atoms with Crippen molar-refractivity contribution in [3.8, 4) is 0 Å². The van der Waals surface area contributed by atoms with Gasteiger partial charge in [-0.05, 0) is 29.5 Å². The lowest BCUT2D eigenvalue weighted by molar-refractivity contribution is -0.168. The van der Waals surface area contributed by atoms with Gasteiger partial charge in [-0.15, -0.1) is 0 Å². The number of aromatic nitrogens is 2. The SMILES string of the molecule is Cc1nc(COCC(F)(F)C(F)F)nc(N)c1I. The quantitative estimate of drug-likeness (QED) is 0.631. The minimum Gasteiger partial charge on any atom is -0.383 e. The highest BCUT2D eigenvalue weighted by Crippen LogP contribution is 2.23. The van der Waals surface area contributed by atoms with Crippen molar-refractivity contribution in [1.29, 1.82) is 0 Å². The Morgan fingerprint density at radius 1 is 1.39 bits per heavy atom. The summed E-state index contributed by atoms with van der Waals surface area (Å²) in [5, 5.41) is 0. The average Bonchev–Trinajstić information content (AvgIpc) is 2.25. The molecule has 102 valence electrons. The Balaban J connectivity index is 2.60. The van der Waals surface area contributed by atoms with E-state index in [-0.39, 0.29) is 11.6 Å². The zero-order chi connectivity index (χ0) is 13.9. The lowest BCUT2D eigenvalue weighted by atomic mass is 10.4. The average molecular weight is 379 g/mol. The lowest BCUT2D eigenvalue weighted by Gasteiger charge is -2.15. The second-order valence-corrected chi connectivity index (χ2v) is 4.56. The smallest absolute Gasteiger partial charge is 0.330 e. The van der Waals surface area contributed by atoms with Gasteiger partial charge in [0.1, 0.15) is 19.0 Å². The van der Waals surface area contributed by atoms with E-state index in [1.807, 2.05) is 22.6 Å². The van der Waals surface area contributed by atoms with Crippen LogP contribution in [0, 0.1) is 10.5 Å². The molecule has 0 aliphatic carbocycles. The third-order valence-corrected chi connectivity index (χ3v) is 3.27. The second-order valence-electron chi connectivity index (χ2n) is 3.48. The van der Waals surface area contributed by atoms with Crippen molar-refractivity contribution >= 4 is 28.4 Å². The Labute approximate surface area is 114 Å². The molecule has 9 heteroatoms. The van der Waals surface area contributed by atoms with Crippen LogP contribution in [0.15, 0.2) is 0 Å². The largest absolute Gasteiger partial charge is 0.383 e. The number of nitrogens with zero attached hydrogens (tertiary/aromatic N) is 2. The number of aryl methyl sites for hydroxylation is 1. The van der Waals surface area contributed by atoms with Crippen LogP contribution >= 0.6 is 22.6 Å². The Morgan fingerprint density at radius 2 is 2.00 bits per heavy atom. The van der Waals surface area contributed by atoms with Crippen LogP contribution in [0.1, 0.15) is 11.5 Å². The first kappa shape index (κ1) is 15.3. The van der Waals surface area contributed by atoms with Gasteiger partial charge < -0.3 is 10.5 Å². The normalized spacial score (nSPS) is 12.2. The van der Waals surface area contributed by atoms with Crippen molar-refractivity contribution in [2.24, 2.45) is 0 Å². The standard InChI is InChI=1S/C9H10F4IN3O/c1-4-6(14)7(15)17-5(16-4)2-18-3-9(12,13)8(10)11/h8H,2-3H2,1H3,(H2,15,16,17). The van der Waals surface area contributed by atoms with E-state index < -0.39 is 25.6 Å².